The lowest BCUT2D eigenvalue weighted by Gasteiger charge is -2.11. The Bertz CT molecular complexity index is 1020. The lowest BCUT2D eigenvalue weighted by Crippen LogP contribution is -2.25. The van der Waals surface area contributed by atoms with Gasteiger partial charge in [0.1, 0.15) is 4.90 Å². The second kappa shape index (κ2) is 7.61. The van der Waals surface area contributed by atoms with Gasteiger partial charge in [-0.05, 0) is 31.5 Å². The molecule has 27 heavy (non-hydrogen) atoms. The Kier molecular flexibility index (Phi) is 5.43. The molecule has 3 rings (SSSR count). The third kappa shape index (κ3) is 4.25. The van der Waals surface area contributed by atoms with Crippen LogP contribution in [-0.4, -0.2) is 22.8 Å². The minimum absolute atomic E-state index is 0.0422. The Morgan fingerprint density at radius 2 is 1.85 bits per heavy atom. The largest absolute Gasteiger partial charge is 0.346 e. The monoisotopic (exact) mass is 394 g/mol. The van der Waals surface area contributed by atoms with Crippen molar-refractivity contribution in [2.24, 2.45) is 0 Å². The normalized spacial score (nSPS) is 12.0. The van der Waals surface area contributed by atoms with Crippen LogP contribution in [0.4, 0.5) is 8.78 Å². The van der Waals surface area contributed by atoms with Crippen LogP contribution in [0.1, 0.15) is 29.1 Å². The number of aromatic nitrogens is 3. The van der Waals surface area contributed by atoms with E-state index in [-0.39, 0.29) is 17.1 Å². The van der Waals surface area contributed by atoms with E-state index in [0.29, 0.717) is 11.2 Å². The molecule has 0 radical (unpaired) electrons. The van der Waals surface area contributed by atoms with E-state index in [1.165, 1.54) is 12.5 Å². The fourth-order valence-corrected chi connectivity index (χ4v) is 3.93. The SMILES string of the molecule is Cc1ccc(Cn2cccc2CNS(=O)(=O)c2cnn(C(F)F)c2C)cc1. The fourth-order valence-electron chi connectivity index (χ4n) is 2.77. The number of nitrogens with one attached hydrogen (secondary N) is 1. The van der Waals surface area contributed by atoms with Crippen LogP contribution in [-0.2, 0) is 23.1 Å². The molecule has 2 heterocycles. The van der Waals surface area contributed by atoms with Crippen molar-refractivity contribution in [3.8, 4) is 0 Å². The smallest absolute Gasteiger partial charge is 0.333 e. The number of hydrogen-bond acceptors (Lipinski definition) is 3. The second-order valence-corrected chi connectivity index (χ2v) is 7.99. The molecular formula is C18H20F2N4O2S. The lowest BCUT2D eigenvalue weighted by atomic mass is 10.1. The summed E-state index contributed by atoms with van der Waals surface area (Å²) < 4.78 is 55.3. The fraction of sp³-hybridized carbons (Fsp3) is 0.278. The molecule has 0 amide bonds. The van der Waals surface area contributed by atoms with Crippen LogP contribution in [0.15, 0.2) is 53.7 Å². The number of halogens is 2. The summed E-state index contributed by atoms with van der Waals surface area (Å²) in [6.07, 6.45) is 2.80. The molecule has 0 unspecified atom stereocenters. The zero-order valence-electron chi connectivity index (χ0n) is 14.9. The molecule has 144 valence electrons. The maximum Gasteiger partial charge on any atom is 0.333 e. The summed E-state index contributed by atoms with van der Waals surface area (Å²) in [7, 11) is -3.95. The minimum Gasteiger partial charge on any atom is -0.346 e. The molecular weight excluding hydrogens is 374 g/mol. The molecule has 0 bridgehead atoms. The van der Waals surface area contributed by atoms with Gasteiger partial charge in [-0.15, -0.1) is 0 Å². The van der Waals surface area contributed by atoms with Crippen molar-refractivity contribution in [3.05, 3.63) is 71.3 Å². The van der Waals surface area contributed by atoms with Crippen molar-refractivity contribution in [2.75, 3.05) is 0 Å². The number of nitrogens with zero attached hydrogens (tertiary/aromatic N) is 3. The Morgan fingerprint density at radius 3 is 2.48 bits per heavy atom. The third-order valence-corrected chi connectivity index (χ3v) is 5.82. The summed E-state index contributed by atoms with van der Waals surface area (Å²) in [5, 5.41) is 3.45. The van der Waals surface area contributed by atoms with Gasteiger partial charge in [-0.1, -0.05) is 29.8 Å². The second-order valence-electron chi connectivity index (χ2n) is 6.25. The van der Waals surface area contributed by atoms with E-state index in [4.69, 9.17) is 0 Å². The Balaban J connectivity index is 1.73. The Labute approximate surface area is 156 Å². The van der Waals surface area contributed by atoms with Crippen molar-refractivity contribution in [1.82, 2.24) is 19.1 Å². The van der Waals surface area contributed by atoms with E-state index in [1.807, 2.05) is 54.1 Å². The topological polar surface area (TPSA) is 68.9 Å². The van der Waals surface area contributed by atoms with E-state index in [1.54, 1.807) is 0 Å². The summed E-state index contributed by atoms with van der Waals surface area (Å²) >= 11 is 0. The highest BCUT2D eigenvalue weighted by Gasteiger charge is 2.23. The molecule has 1 N–H and O–H groups in total. The van der Waals surface area contributed by atoms with Gasteiger partial charge in [0.05, 0.1) is 18.4 Å². The first-order chi connectivity index (χ1) is 12.8. The first-order valence-corrected chi connectivity index (χ1v) is 9.78. The number of rotatable bonds is 7. The summed E-state index contributed by atoms with van der Waals surface area (Å²) in [4.78, 5) is -0.251. The van der Waals surface area contributed by atoms with Crippen LogP contribution in [0.2, 0.25) is 0 Å². The first kappa shape index (κ1) is 19.2. The molecule has 2 aromatic heterocycles. The van der Waals surface area contributed by atoms with Gasteiger partial charge < -0.3 is 4.57 Å². The van der Waals surface area contributed by atoms with Crippen molar-refractivity contribution in [1.29, 1.82) is 0 Å². The number of aryl methyl sites for hydroxylation is 1. The van der Waals surface area contributed by atoms with E-state index in [9.17, 15) is 17.2 Å². The predicted molar refractivity (Wildman–Crippen MR) is 97.0 cm³/mol. The summed E-state index contributed by atoms with van der Waals surface area (Å²) in [5.41, 5.74) is 2.92. The predicted octanol–water partition coefficient (Wildman–Crippen LogP) is 3.22. The van der Waals surface area contributed by atoms with Crippen LogP contribution in [0.5, 0.6) is 0 Å². The van der Waals surface area contributed by atoms with Crippen LogP contribution < -0.4 is 4.72 Å². The van der Waals surface area contributed by atoms with Gasteiger partial charge in [0.2, 0.25) is 10.0 Å². The summed E-state index contributed by atoms with van der Waals surface area (Å²) in [6, 6.07) is 11.7. The molecule has 9 heteroatoms. The molecule has 0 aliphatic carbocycles. The third-order valence-electron chi connectivity index (χ3n) is 4.31. The van der Waals surface area contributed by atoms with Crippen LogP contribution in [0.3, 0.4) is 0 Å². The maximum atomic E-state index is 12.8. The molecule has 1 aromatic carbocycles. The molecule has 0 aliphatic heterocycles. The van der Waals surface area contributed by atoms with Gasteiger partial charge in [0.15, 0.2) is 0 Å². The minimum atomic E-state index is -3.95. The van der Waals surface area contributed by atoms with E-state index in [0.717, 1.165) is 17.5 Å². The summed E-state index contributed by atoms with van der Waals surface area (Å²) in [6.45, 7) is 1.07. The molecule has 0 saturated heterocycles. The van der Waals surface area contributed by atoms with E-state index in [2.05, 4.69) is 9.82 Å². The van der Waals surface area contributed by atoms with Crippen molar-refractivity contribution in [2.45, 2.75) is 38.4 Å². The zero-order valence-corrected chi connectivity index (χ0v) is 15.7. The highest BCUT2D eigenvalue weighted by atomic mass is 32.2. The first-order valence-electron chi connectivity index (χ1n) is 8.29. The van der Waals surface area contributed by atoms with Crippen LogP contribution in [0, 0.1) is 13.8 Å². The highest BCUT2D eigenvalue weighted by Crippen LogP contribution is 2.20. The summed E-state index contributed by atoms with van der Waals surface area (Å²) in [5.74, 6) is 0. The van der Waals surface area contributed by atoms with E-state index < -0.39 is 16.6 Å². The molecule has 0 spiro atoms. The zero-order chi connectivity index (χ0) is 19.6. The number of benzene rings is 1. The van der Waals surface area contributed by atoms with Gasteiger partial charge in [0, 0.05) is 18.4 Å². The van der Waals surface area contributed by atoms with Gasteiger partial charge in [-0.3, -0.25) is 0 Å². The van der Waals surface area contributed by atoms with E-state index >= 15 is 0 Å². The molecule has 0 saturated carbocycles. The number of hydrogen-bond donors (Lipinski definition) is 1. The average Bonchev–Trinajstić information content (AvgIpc) is 3.22. The number of alkyl halides is 2. The number of sulfonamides is 1. The molecule has 6 nitrogen and oxygen atoms in total. The van der Waals surface area contributed by atoms with Crippen molar-refractivity contribution in [3.63, 3.8) is 0 Å². The van der Waals surface area contributed by atoms with Crippen LogP contribution in [0.25, 0.3) is 0 Å². The van der Waals surface area contributed by atoms with Gasteiger partial charge in [0.25, 0.3) is 0 Å². The maximum absolute atomic E-state index is 12.8. The lowest BCUT2D eigenvalue weighted by molar-refractivity contribution is 0.0541. The molecule has 0 atom stereocenters. The van der Waals surface area contributed by atoms with Gasteiger partial charge >= 0.3 is 6.55 Å². The molecule has 0 aliphatic rings. The standard InChI is InChI=1S/C18H20F2N4O2S/c1-13-5-7-15(8-6-13)12-23-9-3-4-16(23)10-22-27(25,26)17-11-21-24(14(17)2)18(19)20/h3-9,11,18,22H,10,12H2,1-2H3. The Morgan fingerprint density at radius 1 is 1.15 bits per heavy atom. The molecule has 3 aromatic rings. The van der Waals surface area contributed by atoms with Gasteiger partial charge in [-0.25, -0.2) is 17.8 Å². The Hall–Kier alpha value is -2.52. The highest BCUT2D eigenvalue weighted by molar-refractivity contribution is 7.89. The van der Waals surface area contributed by atoms with Crippen molar-refractivity contribution < 1.29 is 17.2 Å². The van der Waals surface area contributed by atoms with Crippen LogP contribution >= 0.6 is 0 Å². The average molecular weight is 394 g/mol. The van der Waals surface area contributed by atoms with Gasteiger partial charge in [-0.2, -0.15) is 13.9 Å². The molecule has 0 fully saturated rings. The van der Waals surface area contributed by atoms with Crippen molar-refractivity contribution >= 4 is 10.0 Å². The quantitative estimate of drug-likeness (QED) is 0.669.